The highest BCUT2D eigenvalue weighted by Gasteiger charge is 2.16. The van der Waals surface area contributed by atoms with Gasteiger partial charge in [0, 0.05) is 24.0 Å². The number of piperidine rings is 1. The Hall–Kier alpha value is -0.510. The lowest BCUT2D eigenvalue weighted by Crippen LogP contribution is -2.44. The lowest BCUT2D eigenvalue weighted by atomic mass is 10.1. The lowest BCUT2D eigenvalue weighted by molar-refractivity contribution is 0.205. The summed E-state index contributed by atoms with van der Waals surface area (Å²) in [6, 6.07) is 9.70. The number of benzene rings is 1. The van der Waals surface area contributed by atoms with Crippen molar-refractivity contribution in [2.24, 2.45) is 0 Å². The number of nitrogens with zero attached hydrogens (tertiary/aromatic N) is 1. The van der Waals surface area contributed by atoms with Gasteiger partial charge in [-0.3, -0.25) is 0 Å². The standard InChI is InChI=1S/C15H24N2S/c1-17(14-4-3-10-16-12-14)11-9-13-5-7-15(18-2)8-6-13/h5-8,14,16H,3-4,9-12H2,1-2H3. The fraction of sp³-hybridized carbons (Fsp3) is 0.600. The van der Waals surface area contributed by atoms with E-state index in [1.807, 2.05) is 0 Å². The third-order valence-corrected chi connectivity index (χ3v) is 4.55. The second kappa shape index (κ2) is 7.17. The quantitative estimate of drug-likeness (QED) is 0.823. The molecule has 100 valence electrons. The molecule has 1 atom stereocenters. The average Bonchev–Trinajstić information content (AvgIpc) is 2.46. The van der Waals surface area contributed by atoms with Gasteiger partial charge in [-0.2, -0.15) is 0 Å². The monoisotopic (exact) mass is 264 g/mol. The van der Waals surface area contributed by atoms with Crippen LogP contribution in [-0.2, 0) is 6.42 Å². The van der Waals surface area contributed by atoms with E-state index in [4.69, 9.17) is 0 Å². The predicted octanol–water partition coefficient (Wildman–Crippen LogP) is 2.63. The molecule has 3 heteroatoms. The summed E-state index contributed by atoms with van der Waals surface area (Å²) >= 11 is 1.81. The Morgan fingerprint density at radius 2 is 2.11 bits per heavy atom. The minimum atomic E-state index is 0.726. The molecule has 0 bridgehead atoms. The number of hydrogen-bond acceptors (Lipinski definition) is 3. The maximum absolute atomic E-state index is 3.48. The lowest BCUT2D eigenvalue weighted by Gasteiger charge is -2.31. The molecule has 2 nitrogen and oxygen atoms in total. The van der Waals surface area contributed by atoms with Gasteiger partial charge in [-0.05, 0) is 56.8 Å². The molecule has 1 saturated heterocycles. The summed E-state index contributed by atoms with van der Waals surface area (Å²) in [5.41, 5.74) is 1.45. The Labute approximate surface area is 115 Å². The third-order valence-electron chi connectivity index (χ3n) is 3.81. The van der Waals surface area contributed by atoms with Gasteiger partial charge in [0.25, 0.3) is 0 Å². The summed E-state index contributed by atoms with van der Waals surface area (Å²) in [5, 5.41) is 3.48. The van der Waals surface area contributed by atoms with Gasteiger partial charge in [-0.25, -0.2) is 0 Å². The van der Waals surface area contributed by atoms with Crippen molar-refractivity contribution in [2.75, 3.05) is 32.9 Å². The Balaban J connectivity index is 1.78. The van der Waals surface area contributed by atoms with Crippen LogP contribution in [0.25, 0.3) is 0 Å². The zero-order valence-corrected chi connectivity index (χ0v) is 12.3. The Morgan fingerprint density at radius 3 is 2.72 bits per heavy atom. The number of nitrogens with one attached hydrogen (secondary N) is 1. The maximum Gasteiger partial charge on any atom is 0.0218 e. The molecule has 1 aliphatic rings. The van der Waals surface area contributed by atoms with Crippen LogP contribution in [0.4, 0.5) is 0 Å². The van der Waals surface area contributed by atoms with Gasteiger partial charge in [0.2, 0.25) is 0 Å². The van der Waals surface area contributed by atoms with E-state index in [0.717, 1.165) is 25.6 Å². The van der Waals surface area contributed by atoms with Gasteiger partial charge in [0.15, 0.2) is 0 Å². The molecule has 1 fully saturated rings. The third kappa shape index (κ3) is 4.01. The Morgan fingerprint density at radius 1 is 1.33 bits per heavy atom. The topological polar surface area (TPSA) is 15.3 Å². The molecule has 1 aromatic carbocycles. The van der Waals surface area contributed by atoms with Gasteiger partial charge in [0.05, 0.1) is 0 Å². The van der Waals surface area contributed by atoms with Crippen LogP contribution in [-0.4, -0.2) is 43.9 Å². The molecule has 1 unspecified atom stereocenters. The van der Waals surface area contributed by atoms with Gasteiger partial charge < -0.3 is 10.2 Å². The van der Waals surface area contributed by atoms with E-state index in [1.165, 1.54) is 29.8 Å². The van der Waals surface area contributed by atoms with E-state index >= 15 is 0 Å². The Bertz CT molecular complexity index is 344. The minimum absolute atomic E-state index is 0.726. The van der Waals surface area contributed by atoms with Crippen molar-refractivity contribution in [3.8, 4) is 0 Å². The van der Waals surface area contributed by atoms with Gasteiger partial charge in [-0.1, -0.05) is 12.1 Å². The number of likely N-dealkylation sites (N-methyl/N-ethyl adjacent to an activating group) is 1. The van der Waals surface area contributed by atoms with Crippen LogP contribution in [0.5, 0.6) is 0 Å². The zero-order chi connectivity index (χ0) is 12.8. The van der Waals surface area contributed by atoms with Crippen LogP contribution < -0.4 is 5.32 Å². The molecular weight excluding hydrogens is 240 g/mol. The molecule has 1 aliphatic heterocycles. The van der Waals surface area contributed by atoms with E-state index in [1.54, 1.807) is 11.8 Å². The normalized spacial score (nSPS) is 20.3. The van der Waals surface area contributed by atoms with Gasteiger partial charge >= 0.3 is 0 Å². The van der Waals surface area contributed by atoms with Crippen molar-refractivity contribution in [1.29, 1.82) is 0 Å². The molecule has 0 amide bonds. The number of hydrogen-bond donors (Lipinski definition) is 1. The molecule has 1 heterocycles. The molecule has 0 radical (unpaired) electrons. The van der Waals surface area contributed by atoms with Gasteiger partial charge in [0.1, 0.15) is 0 Å². The summed E-state index contributed by atoms with van der Waals surface area (Å²) in [7, 11) is 2.26. The highest BCUT2D eigenvalue weighted by atomic mass is 32.2. The molecule has 1 N–H and O–H groups in total. The number of thioether (sulfide) groups is 1. The Kier molecular flexibility index (Phi) is 5.54. The number of rotatable bonds is 5. The van der Waals surface area contributed by atoms with E-state index in [0.29, 0.717) is 0 Å². The first kappa shape index (κ1) is 13.9. The van der Waals surface area contributed by atoms with Crippen LogP contribution in [0.2, 0.25) is 0 Å². The summed E-state index contributed by atoms with van der Waals surface area (Å²) in [6.07, 6.45) is 5.94. The highest BCUT2D eigenvalue weighted by Crippen LogP contribution is 2.16. The minimum Gasteiger partial charge on any atom is -0.315 e. The van der Waals surface area contributed by atoms with Gasteiger partial charge in [-0.15, -0.1) is 11.8 Å². The summed E-state index contributed by atoms with van der Waals surface area (Å²) in [6.45, 7) is 3.51. The predicted molar refractivity (Wildman–Crippen MR) is 80.4 cm³/mol. The second-order valence-corrected chi connectivity index (χ2v) is 5.96. The highest BCUT2D eigenvalue weighted by molar-refractivity contribution is 7.98. The van der Waals surface area contributed by atoms with Crippen LogP contribution in [0.3, 0.4) is 0 Å². The van der Waals surface area contributed by atoms with E-state index in [9.17, 15) is 0 Å². The van der Waals surface area contributed by atoms with Crippen molar-refractivity contribution in [2.45, 2.75) is 30.2 Å². The average molecular weight is 264 g/mol. The van der Waals surface area contributed by atoms with Crippen molar-refractivity contribution >= 4 is 11.8 Å². The summed E-state index contributed by atoms with van der Waals surface area (Å²) in [5.74, 6) is 0. The van der Waals surface area contributed by atoms with Crippen molar-refractivity contribution in [3.63, 3.8) is 0 Å². The van der Waals surface area contributed by atoms with E-state index in [-0.39, 0.29) is 0 Å². The molecule has 1 aromatic rings. The molecule has 0 saturated carbocycles. The molecule has 18 heavy (non-hydrogen) atoms. The smallest absolute Gasteiger partial charge is 0.0218 e. The van der Waals surface area contributed by atoms with Crippen molar-refractivity contribution < 1.29 is 0 Å². The summed E-state index contributed by atoms with van der Waals surface area (Å²) < 4.78 is 0. The second-order valence-electron chi connectivity index (χ2n) is 5.08. The van der Waals surface area contributed by atoms with Crippen LogP contribution in [0, 0.1) is 0 Å². The molecule has 0 aromatic heterocycles. The van der Waals surface area contributed by atoms with E-state index in [2.05, 4.69) is 47.8 Å². The maximum atomic E-state index is 3.48. The molecule has 0 spiro atoms. The fourth-order valence-corrected chi connectivity index (χ4v) is 2.90. The van der Waals surface area contributed by atoms with Crippen molar-refractivity contribution in [3.05, 3.63) is 29.8 Å². The fourth-order valence-electron chi connectivity index (χ4n) is 2.49. The first-order valence-electron chi connectivity index (χ1n) is 6.83. The molecular formula is C15H24N2S. The molecule has 2 rings (SSSR count). The van der Waals surface area contributed by atoms with Crippen LogP contribution in [0.1, 0.15) is 18.4 Å². The zero-order valence-electron chi connectivity index (χ0n) is 11.5. The van der Waals surface area contributed by atoms with E-state index < -0.39 is 0 Å². The SMILES string of the molecule is CSc1ccc(CCN(C)C2CCCNC2)cc1. The largest absolute Gasteiger partial charge is 0.315 e. The van der Waals surface area contributed by atoms with Crippen LogP contribution >= 0.6 is 11.8 Å². The molecule has 0 aliphatic carbocycles. The first-order valence-corrected chi connectivity index (χ1v) is 8.06. The van der Waals surface area contributed by atoms with Crippen molar-refractivity contribution in [1.82, 2.24) is 10.2 Å². The first-order chi connectivity index (χ1) is 8.79. The summed E-state index contributed by atoms with van der Waals surface area (Å²) in [4.78, 5) is 3.86. The van der Waals surface area contributed by atoms with Crippen LogP contribution in [0.15, 0.2) is 29.2 Å².